The molecular formula is C17H22N4O2S. The normalized spacial score (nSPS) is 13.0. The van der Waals surface area contributed by atoms with Gasteiger partial charge in [0, 0.05) is 29.9 Å². The monoisotopic (exact) mass is 346 g/mol. The Kier molecular flexibility index (Phi) is 5.56. The van der Waals surface area contributed by atoms with E-state index in [1.165, 1.54) is 11.3 Å². The quantitative estimate of drug-likeness (QED) is 0.777. The molecule has 128 valence electrons. The third-order valence-corrected chi connectivity index (χ3v) is 5.09. The lowest BCUT2D eigenvalue weighted by molar-refractivity contribution is 0.0962. The number of carbonyl (C=O) groups excluding carboxylic acids is 2. The minimum absolute atomic E-state index is 0.183. The van der Waals surface area contributed by atoms with Crippen molar-refractivity contribution in [3.05, 3.63) is 45.9 Å². The molecule has 3 amide bonds. The van der Waals surface area contributed by atoms with E-state index in [0.29, 0.717) is 17.7 Å². The van der Waals surface area contributed by atoms with Gasteiger partial charge in [0.2, 0.25) is 0 Å². The number of thiazole rings is 1. The van der Waals surface area contributed by atoms with Gasteiger partial charge < -0.3 is 16.0 Å². The van der Waals surface area contributed by atoms with E-state index in [1.807, 2.05) is 19.2 Å². The van der Waals surface area contributed by atoms with Gasteiger partial charge in [-0.15, -0.1) is 11.3 Å². The van der Waals surface area contributed by atoms with Crippen molar-refractivity contribution in [3.63, 3.8) is 0 Å². The lowest BCUT2D eigenvalue weighted by Crippen LogP contribution is -2.45. The molecule has 0 aliphatic heterocycles. The van der Waals surface area contributed by atoms with Gasteiger partial charge in [-0.1, -0.05) is 13.0 Å². The SMILES string of the molecule is CC[C@](C)(NC(=O)Nc1cccc(C(=O)NC)c1C)c1nccs1. The number of benzene rings is 1. The van der Waals surface area contributed by atoms with E-state index < -0.39 is 5.54 Å². The summed E-state index contributed by atoms with van der Waals surface area (Å²) in [4.78, 5) is 28.6. The van der Waals surface area contributed by atoms with E-state index in [9.17, 15) is 9.59 Å². The fourth-order valence-electron chi connectivity index (χ4n) is 2.34. The number of rotatable bonds is 5. The van der Waals surface area contributed by atoms with E-state index in [1.54, 1.807) is 38.4 Å². The molecule has 0 fully saturated rings. The number of hydrogen-bond donors (Lipinski definition) is 3. The minimum Gasteiger partial charge on any atom is -0.355 e. The van der Waals surface area contributed by atoms with Crippen LogP contribution in [0.2, 0.25) is 0 Å². The smallest absolute Gasteiger partial charge is 0.320 e. The summed E-state index contributed by atoms with van der Waals surface area (Å²) in [5.41, 5.74) is 1.32. The van der Waals surface area contributed by atoms with Crippen LogP contribution in [0.15, 0.2) is 29.8 Å². The molecular weight excluding hydrogens is 324 g/mol. The lowest BCUT2D eigenvalue weighted by Gasteiger charge is -2.27. The van der Waals surface area contributed by atoms with Crippen LogP contribution in [-0.2, 0) is 5.54 Å². The molecule has 1 heterocycles. The Balaban J connectivity index is 2.17. The highest BCUT2D eigenvalue weighted by Gasteiger charge is 2.29. The molecule has 24 heavy (non-hydrogen) atoms. The average molecular weight is 346 g/mol. The Morgan fingerprint density at radius 1 is 1.33 bits per heavy atom. The number of anilines is 1. The standard InChI is InChI=1S/C17H22N4O2S/c1-5-17(3,15-19-9-10-24-15)21-16(23)20-13-8-6-7-12(11(13)2)14(22)18-4/h6-10H,5H2,1-4H3,(H,18,22)(H2,20,21,23)/t17-/m0/s1. The molecule has 0 spiro atoms. The molecule has 1 aromatic heterocycles. The fourth-order valence-corrected chi connectivity index (χ4v) is 3.17. The molecule has 2 rings (SSSR count). The third-order valence-electron chi connectivity index (χ3n) is 4.05. The largest absolute Gasteiger partial charge is 0.355 e. The van der Waals surface area contributed by atoms with Crippen molar-refractivity contribution in [1.29, 1.82) is 0 Å². The molecule has 1 aromatic carbocycles. The third kappa shape index (κ3) is 3.73. The summed E-state index contributed by atoms with van der Waals surface area (Å²) in [5.74, 6) is -0.183. The van der Waals surface area contributed by atoms with Crippen LogP contribution >= 0.6 is 11.3 Å². The van der Waals surface area contributed by atoms with Crippen molar-refractivity contribution in [2.45, 2.75) is 32.7 Å². The summed E-state index contributed by atoms with van der Waals surface area (Å²) >= 11 is 1.51. The molecule has 0 unspecified atom stereocenters. The van der Waals surface area contributed by atoms with Crippen LogP contribution < -0.4 is 16.0 Å². The van der Waals surface area contributed by atoms with Crippen LogP contribution in [0.3, 0.4) is 0 Å². The molecule has 0 aliphatic carbocycles. The number of aromatic nitrogens is 1. The molecule has 0 radical (unpaired) electrons. The van der Waals surface area contributed by atoms with E-state index in [2.05, 4.69) is 20.9 Å². The van der Waals surface area contributed by atoms with E-state index >= 15 is 0 Å². The molecule has 0 saturated carbocycles. The number of hydrogen-bond acceptors (Lipinski definition) is 4. The molecule has 0 aliphatic rings. The highest BCUT2D eigenvalue weighted by molar-refractivity contribution is 7.09. The number of amides is 3. The zero-order valence-corrected chi connectivity index (χ0v) is 15.1. The summed E-state index contributed by atoms with van der Waals surface area (Å²) < 4.78 is 0. The molecule has 2 aromatic rings. The van der Waals surface area contributed by atoms with Crippen LogP contribution in [0, 0.1) is 6.92 Å². The first-order valence-electron chi connectivity index (χ1n) is 7.72. The van der Waals surface area contributed by atoms with Gasteiger partial charge in [0.05, 0.1) is 5.54 Å². The van der Waals surface area contributed by atoms with Gasteiger partial charge in [0.1, 0.15) is 5.01 Å². The summed E-state index contributed by atoms with van der Waals surface area (Å²) in [5, 5.41) is 11.1. The highest BCUT2D eigenvalue weighted by Crippen LogP contribution is 2.26. The second-order valence-electron chi connectivity index (χ2n) is 5.66. The predicted molar refractivity (Wildman–Crippen MR) is 96.5 cm³/mol. The van der Waals surface area contributed by atoms with Gasteiger partial charge in [-0.05, 0) is 38.0 Å². The second-order valence-corrected chi connectivity index (χ2v) is 6.55. The van der Waals surface area contributed by atoms with Crippen LogP contribution in [0.1, 0.15) is 41.2 Å². The number of carbonyl (C=O) groups is 2. The zero-order chi connectivity index (χ0) is 17.7. The number of nitrogens with zero attached hydrogens (tertiary/aromatic N) is 1. The van der Waals surface area contributed by atoms with E-state index in [0.717, 1.165) is 10.6 Å². The van der Waals surface area contributed by atoms with Gasteiger partial charge in [-0.3, -0.25) is 4.79 Å². The topological polar surface area (TPSA) is 83.1 Å². The van der Waals surface area contributed by atoms with Crippen LogP contribution in [-0.4, -0.2) is 24.0 Å². The van der Waals surface area contributed by atoms with Crippen molar-refractivity contribution in [3.8, 4) is 0 Å². The first-order chi connectivity index (χ1) is 11.4. The maximum Gasteiger partial charge on any atom is 0.320 e. The predicted octanol–water partition coefficient (Wildman–Crippen LogP) is 3.26. The van der Waals surface area contributed by atoms with Crippen LogP contribution in [0.5, 0.6) is 0 Å². The van der Waals surface area contributed by atoms with Gasteiger partial charge in [0.25, 0.3) is 5.91 Å². The Bertz CT molecular complexity index is 730. The van der Waals surface area contributed by atoms with Crippen molar-refractivity contribution in [2.24, 2.45) is 0 Å². The van der Waals surface area contributed by atoms with Gasteiger partial charge >= 0.3 is 6.03 Å². The van der Waals surface area contributed by atoms with Crippen LogP contribution in [0.25, 0.3) is 0 Å². The van der Waals surface area contributed by atoms with Crippen molar-refractivity contribution in [1.82, 2.24) is 15.6 Å². The van der Waals surface area contributed by atoms with Gasteiger partial charge in [-0.25, -0.2) is 9.78 Å². The summed E-state index contributed by atoms with van der Waals surface area (Å²) in [7, 11) is 1.58. The van der Waals surface area contributed by atoms with Crippen LogP contribution in [0.4, 0.5) is 10.5 Å². The first kappa shape index (κ1) is 17.9. The summed E-state index contributed by atoms with van der Waals surface area (Å²) in [6, 6.07) is 4.91. The number of nitrogens with one attached hydrogen (secondary N) is 3. The Hall–Kier alpha value is -2.41. The fraction of sp³-hybridized carbons (Fsp3) is 0.353. The first-order valence-corrected chi connectivity index (χ1v) is 8.60. The average Bonchev–Trinajstić information content (AvgIpc) is 3.11. The Labute approximate surface area is 145 Å². The van der Waals surface area contributed by atoms with E-state index in [-0.39, 0.29) is 11.9 Å². The van der Waals surface area contributed by atoms with Crippen molar-refractivity contribution < 1.29 is 9.59 Å². The molecule has 6 nitrogen and oxygen atoms in total. The molecule has 3 N–H and O–H groups in total. The number of urea groups is 1. The van der Waals surface area contributed by atoms with Crippen molar-refractivity contribution >= 4 is 29.0 Å². The maximum absolute atomic E-state index is 12.4. The molecule has 0 saturated heterocycles. The second kappa shape index (κ2) is 7.44. The van der Waals surface area contributed by atoms with Gasteiger partial charge in [-0.2, -0.15) is 0 Å². The maximum atomic E-state index is 12.4. The lowest BCUT2D eigenvalue weighted by atomic mass is 10.0. The Morgan fingerprint density at radius 3 is 2.67 bits per heavy atom. The Morgan fingerprint density at radius 2 is 2.08 bits per heavy atom. The van der Waals surface area contributed by atoms with Gasteiger partial charge in [0.15, 0.2) is 0 Å². The summed E-state index contributed by atoms with van der Waals surface area (Å²) in [6.45, 7) is 5.75. The minimum atomic E-state index is -0.537. The molecule has 0 bridgehead atoms. The molecule has 1 atom stereocenters. The van der Waals surface area contributed by atoms with Crippen molar-refractivity contribution in [2.75, 3.05) is 12.4 Å². The molecule has 7 heteroatoms. The zero-order valence-electron chi connectivity index (χ0n) is 14.3. The summed E-state index contributed by atoms with van der Waals surface area (Å²) in [6.07, 6.45) is 2.44. The van der Waals surface area contributed by atoms with E-state index in [4.69, 9.17) is 0 Å². The highest BCUT2D eigenvalue weighted by atomic mass is 32.1.